The van der Waals surface area contributed by atoms with Crippen molar-refractivity contribution in [3.05, 3.63) is 12.7 Å². The molecule has 0 saturated heterocycles. The maximum absolute atomic E-state index is 10.8. The van der Waals surface area contributed by atoms with Crippen LogP contribution in [0.3, 0.4) is 0 Å². The van der Waals surface area contributed by atoms with Crippen LogP contribution in [0.15, 0.2) is 12.7 Å². The van der Waals surface area contributed by atoms with Crippen molar-refractivity contribution in [2.45, 2.75) is 38.3 Å². The van der Waals surface area contributed by atoms with Crippen LogP contribution >= 0.6 is 0 Å². The molecule has 0 radical (unpaired) electrons. The molecule has 0 aromatic heterocycles. The van der Waals surface area contributed by atoms with Crippen LogP contribution in [0, 0.1) is 0 Å². The van der Waals surface area contributed by atoms with E-state index in [9.17, 15) is 4.79 Å². The van der Waals surface area contributed by atoms with Crippen molar-refractivity contribution in [1.29, 1.82) is 0 Å². The van der Waals surface area contributed by atoms with Gasteiger partial charge in [-0.25, -0.2) is 4.79 Å². The summed E-state index contributed by atoms with van der Waals surface area (Å²) in [5.41, 5.74) is 0. The van der Waals surface area contributed by atoms with Crippen molar-refractivity contribution < 1.29 is 18.4 Å². The highest BCUT2D eigenvalue weighted by Crippen LogP contribution is 2.20. The molecule has 0 aliphatic heterocycles. The molecule has 0 unspecified atom stereocenters. The number of unbranched alkanes of at least 4 members (excludes halogenated alkanes) is 2. The molecule has 17 heavy (non-hydrogen) atoms. The topological polar surface area (TPSA) is 44.8 Å². The van der Waals surface area contributed by atoms with Crippen molar-refractivity contribution in [2.75, 3.05) is 20.8 Å². The van der Waals surface area contributed by atoms with Gasteiger partial charge in [-0.1, -0.05) is 26.3 Å². The average Bonchev–Trinajstić information content (AvgIpc) is 2.38. The minimum absolute atomic E-state index is 0.351. The van der Waals surface area contributed by atoms with Gasteiger partial charge >= 0.3 is 14.5 Å². The first-order valence-electron chi connectivity index (χ1n) is 6.03. The third-order valence-corrected chi connectivity index (χ3v) is 6.58. The molecule has 100 valence electrons. The van der Waals surface area contributed by atoms with E-state index in [1.807, 2.05) is 0 Å². The summed E-state index contributed by atoms with van der Waals surface area (Å²) in [6.07, 6.45) is 4.13. The molecule has 0 N–H and O–H groups in total. The molecule has 4 nitrogen and oxygen atoms in total. The van der Waals surface area contributed by atoms with Crippen LogP contribution in [0.2, 0.25) is 12.1 Å². The van der Waals surface area contributed by atoms with E-state index < -0.39 is 8.56 Å². The smallest absolute Gasteiger partial charge is 0.337 e. The van der Waals surface area contributed by atoms with Gasteiger partial charge in [-0.3, -0.25) is 0 Å². The van der Waals surface area contributed by atoms with Crippen molar-refractivity contribution in [2.24, 2.45) is 0 Å². The maximum atomic E-state index is 10.8. The summed E-state index contributed by atoms with van der Waals surface area (Å²) in [5.74, 6) is -0.351. The SMILES string of the molecule is C=CC(=O)OCCCCC[Si](CC)(OC)OC. The summed E-state index contributed by atoms with van der Waals surface area (Å²) in [6.45, 7) is 5.91. The largest absolute Gasteiger partial charge is 0.463 e. The van der Waals surface area contributed by atoms with Crippen molar-refractivity contribution >= 4 is 14.5 Å². The highest BCUT2D eigenvalue weighted by atomic mass is 28.4. The normalized spacial score (nSPS) is 11.2. The lowest BCUT2D eigenvalue weighted by molar-refractivity contribution is -0.137. The van der Waals surface area contributed by atoms with E-state index in [1.54, 1.807) is 14.2 Å². The molecule has 0 spiro atoms. The molecule has 0 amide bonds. The Kier molecular flexibility index (Phi) is 9.02. The van der Waals surface area contributed by atoms with Crippen LogP contribution in [-0.2, 0) is 18.4 Å². The predicted molar refractivity (Wildman–Crippen MR) is 70.1 cm³/mol. The summed E-state index contributed by atoms with van der Waals surface area (Å²) in [6, 6.07) is 1.96. The van der Waals surface area contributed by atoms with E-state index >= 15 is 0 Å². The summed E-state index contributed by atoms with van der Waals surface area (Å²) in [4.78, 5) is 10.8. The van der Waals surface area contributed by atoms with Gasteiger partial charge in [0.1, 0.15) is 0 Å². The Bertz CT molecular complexity index is 218. The third-order valence-electron chi connectivity index (χ3n) is 2.90. The Morgan fingerprint density at radius 3 is 2.35 bits per heavy atom. The molecule has 0 bridgehead atoms. The standard InChI is InChI=1S/C12H24O4Si/c1-5-12(13)16-10-8-7-9-11-17(6-2,14-3)15-4/h5H,1,6-11H2,2-4H3. The maximum Gasteiger partial charge on any atom is 0.337 e. The fraction of sp³-hybridized carbons (Fsp3) is 0.750. The molecule has 0 rings (SSSR count). The van der Waals surface area contributed by atoms with E-state index in [-0.39, 0.29) is 5.97 Å². The molecule has 0 fully saturated rings. The second-order valence-corrected chi connectivity index (χ2v) is 7.70. The Labute approximate surface area is 105 Å². The molecular formula is C12H24O4Si. The minimum Gasteiger partial charge on any atom is -0.463 e. The Hall–Kier alpha value is -0.653. The van der Waals surface area contributed by atoms with Gasteiger partial charge in [0, 0.05) is 20.3 Å². The zero-order valence-corrected chi connectivity index (χ0v) is 12.2. The summed E-state index contributed by atoms with van der Waals surface area (Å²) >= 11 is 0. The first-order valence-corrected chi connectivity index (χ1v) is 8.26. The highest BCUT2D eigenvalue weighted by molar-refractivity contribution is 6.67. The van der Waals surface area contributed by atoms with Gasteiger partial charge in [-0.15, -0.1) is 0 Å². The van der Waals surface area contributed by atoms with Gasteiger partial charge in [-0.2, -0.15) is 0 Å². The fourth-order valence-electron chi connectivity index (χ4n) is 1.66. The van der Waals surface area contributed by atoms with Crippen LogP contribution in [0.5, 0.6) is 0 Å². The monoisotopic (exact) mass is 260 g/mol. The lowest BCUT2D eigenvalue weighted by Gasteiger charge is -2.25. The van der Waals surface area contributed by atoms with Gasteiger partial charge in [0.15, 0.2) is 0 Å². The predicted octanol–water partition coefficient (Wildman–Crippen LogP) is 2.64. The fourth-order valence-corrected chi connectivity index (χ4v) is 3.95. The molecule has 0 atom stereocenters. The first-order chi connectivity index (χ1) is 8.14. The van der Waals surface area contributed by atoms with Crippen LogP contribution in [0.1, 0.15) is 26.2 Å². The van der Waals surface area contributed by atoms with Gasteiger partial charge < -0.3 is 13.6 Å². The number of carbonyl (C=O) groups is 1. The van der Waals surface area contributed by atoms with Crippen molar-refractivity contribution in [3.8, 4) is 0 Å². The molecule has 0 aliphatic carbocycles. The van der Waals surface area contributed by atoms with Crippen LogP contribution < -0.4 is 0 Å². The van der Waals surface area contributed by atoms with Crippen LogP contribution in [-0.4, -0.2) is 35.4 Å². The molecule has 0 aromatic carbocycles. The van der Waals surface area contributed by atoms with E-state index in [4.69, 9.17) is 13.6 Å². The zero-order chi connectivity index (χ0) is 13.1. The third kappa shape index (κ3) is 6.60. The first kappa shape index (κ1) is 16.3. The van der Waals surface area contributed by atoms with E-state index in [1.165, 1.54) is 6.08 Å². The number of hydrogen-bond donors (Lipinski definition) is 0. The van der Waals surface area contributed by atoms with Gasteiger partial charge in [-0.05, 0) is 18.5 Å². The van der Waals surface area contributed by atoms with E-state index in [0.29, 0.717) is 6.61 Å². The van der Waals surface area contributed by atoms with Gasteiger partial charge in [0.25, 0.3) is 0 Å². The van der Waals surface area contributed by atoms with Crippen molar-refractivity contribution in [1.82, 2.24) is 0 Å². The molecule has 0 aromatic rings. The summed E-state index contributed by atoms with van der Waals surface area (Å²) in [7, 11) is 1.52. The Balaban J connectivity index is 3.62. The van der Waals surface area contributed by atoms with Crippen LogP contribution in [0.25, 0.3) is 0 Å². The minimum atomic E-state index is -1.93. The summed E-state index contributed by atoms with van der Waals surface area (Å²) < 4.78 is 15.9. The second kappa shape index (κ2) is 9.38. The lowest BCUT2D eigenvalue weighted by Crippen LogP contribution is -2.38. The number of hydrogen-bond acceptors (Lipinski definition) is 4. The molecular weight excluding hydrogens is 236 g/mol. The lowest BCUT2D eigenvalue weighted by atomic mass is 10.3. The van der Waals surface area contributed by atoms with Crippen LogP contribution in [0.4, 0.5) is 0 Å². The van der Waals surface area contributed by atoms with Crippen molar-refractivity contribution in [3.63, 3.8) is 0 Å². The molecule has 5 heteroatoms. The quantitative estimate of drug-likeness (QED) is 0.262. The van der Waals surface area contributed by atoms with Gasteiger partial charge in [0.05, 0.1) is 6.61 Å². The number of carbonyl (C=O) groups excluding carboxylic acids is 1. The number of rotatable bonds is 10. The molecule has 0 heterocycles. The molecule has 0 saturated carbocycles. The zero-order valence-electron chi connectivity index (χ0n) is 11.2. The highest BCUT2D eigenvalue weighted by Gasteiger charge is 2.32. The summed E-state index contributed by atoms with van der Waals surface area (Å²) in [5, 5.41) is 0. The van der Waals surface area contributed by atoms with E-state index in [0.717, 1.165) is 31.4 Å². The second-order valence-electron chi connectivity index (χ2n) is 3.85. The van der Waals surface area contributed by atoms with E-state index in [2.05, 4.69) is 13.5 Å². The van der Waals surface area contributed by atoms with Gasteiger partial charge in [0.2, 0.25) is 0 Å². The molecule has 0 aliphatic rings. The Morgan fingerprint density at radius 1 is 1.24 bits per heavy atom. The number of esters is 1. The average molecular weight is 260 g/mol. The number of ether oxygens (including phenoxy) is 1. The Morgan fingerprint density at radius 2 is 1.88 bits per heavy atom.